The second kappa shape index (κ2) is 8.17. The van der Waals surface area contributed by atoms with Gasteiger partial charge in [0, 0.05) is 41.9 Å². The molecule has 1 aliphatic rings. The Bertz CT molecular complexity index is 478. The molecule has 1 N–H and O–H groups in total. The Morgan fingerprint density at radius 3 is 2.86 bits per heavy atom. The predicted octanol–water partition coefficient (Wildman–Crippen LogP) is 2.38. The Hall–Kier alpha value is -1.36. The highest BCUT2D eigenvalue weighted by atomic mass is 32.2. The predicted molar refractivity (Wildman–Crippen MR) is 86.5 cm³/mol. The molecular weight excluding hydrogens is 284 g/mol. The van der Waals surface area contributed by atoms with Gasteiger partial charge in [0.25, 0.3) is 0 Å². The standard InChI is InChI=1S/C16H24N2O2S/c1-14-6-5-10-18(12-14)16(19)17-9-11-21(20)13-15-7-3-2-4-8-15/h2-4,7-8,14H,5-6,9-13H2,1H3,(H,17,19). The lowest BCUT2D eigenvalue weighted by Gasteiger charge is -2.30. The minimum Gasteiger partial charge on any atom is -0.337 e. The van der Waals surface area contributed by atoms with Crippen molar-refractivity contribution in [2.24, 2.45) is 5.92 Å². The van der Waals surface area contributed by atoms with Crippen molar-refractivity contribution in [2.75, 3.05) is 25.4 Å². The molecule has 116 valence electrons. The Balaban J connectivity index is 1.66. The molecule has 0 spiro atoms. The van der Waals surface area contributed by atoms with E-state index in [-0.39, 0.29) is 6.03 Å². The number of nitrogens with one attached hydrogen (secondary N) is 1. The Morgan fingerprint density at radius 2 is 2.14 bits per heavy atom. The van der Waals surface area contributed by atoms with E-state index in [0.29, 0.717) is 24.0 Å². The average Bonchev–Trinajstić information content (AvgIpc) is 2.48. The van der Waals surface area contributed by atoms with Gasteiger partial charge in [-0.25, -0.2) is 4.79 Å². The number of amides is 2. The van der Waals surface area contributed by atoms with Gasteiger partial charge in [0.1, 0.15) is 0 Å². The summed E-state index contributed by atoms with van der Waals surface area (Å²) in [7, 11) is -0.933. The summed E-state index contributed by atoms with van der Waals surface area (Å²) in [6, 6.07) is 9.79. The average molecular weight is 308 g/mol. The number of rotatable bonds is 5. The van der Waals surface area contributed by atoms with E-state index in [2.05, 4.69) is 12.2 Å². The van der Waals surface area contributed by atoms with Crippen LogP contribution < -0.4 is 5.32 Å². The zero-order chi connectivity index (χ0) is 15.1. The first-order valence-corrected chi connectivity index (χ1v) is 9.05. The molecule has 21 heavy (non-hydrogen) atoms. The molecule has 0 aliphatic carbocycles. The molecule has 2 rings (SSSR count). The van der Waals surface area contributed by atoms with Crippen LogP contribution in [0, 0.1) is 5.92 Å². The van der Waals surface area contributed by atoms with Gasteiger partial charge in [-0.1, -0.05) is 37.3 Å². The third kappa shape index (κ3) is 5.50. The maximum atomic E-state index is 12.0. The Kier molecular flexibility index (Phi) is 6.23. The smallest absolute Gasteiger partial charge is 0.317 e. The Morgan fingerprint density at radius 1 is 1.38 bits per heavy atom. The molecule has 4 nitrogen and oxygen atoms in total. The first kappa shape index (κ1) is 16.0. The zero-order valence-corrected chi connectivity index (χ0v) is 13.4. The van der Waals surface area contributed by atoms with Crippen molar-refractivity contribution in [2.45, 2.75) is 25.5 Å². The maximum Gasteiger partial charge on any atom is 0.317 e. The van der Waals surface area contributed by atoms with Crippen LogP contribution in [-0.2, 0) is 16.6 Å². The van der Waals surface area contributed by atoms with Crippen molar-refractivity contribution in [1.82, 2.24) is 10.2 Å². The molecule has 1 saturated heterocycles. The fourth-order valence-corrected chi connectivity index (χ4v) is 3.63. The molecule has 2 amide bonds. The van der Waals surface area contributed by atoms with Crippen molar-refractivity contribution >= 4 is 16.8 Å². The summed E-state index contributed by atoms with van der Waals surface area (Å²) in [4.78, 5) is 13.9. The minimum atomic E-state index is -0.933. The molecule has 2 atom stereocenters. The van der Waals surface area contributed by atoms with Crippen LogP contribution in [0.4, 0.5) is 4.79 Å². The van der Waals surface area contributed by atoms with Gasteiger partial charge in [-0.2, -0.15) is 0 Å². The molecule has 5 heteroatoms. The van der Waals surface area contributed by atoms with Gasteiger partial charge in [0.2, 0.25) is 0 Å². The number of carbonyl (C=O) groups excluding carboxylic acids is 1. The molecule has 1 aromatic carbocycles. The van der Waals surface area contributed by atoms with Gasteiger partial charge in [0.15, 0.2) is 0 Å². The number of benzene rings is 1. The highest BCUT2D eigenvalue weighted by Gasteiger charge is 2.20. The van der Waals surface area contributed by atoms with E-state index < -0.39 is 10.8 Å². The van der Waals surface area contributed by atoms with E-state index in [0.717, 1.165) is 25.1 Å². The van der Waals surface area contributed by atoms with Gasteiger partial charge in [-0.05, 0) is 24.3 Å². The van der Waals surface area contributed by atoms with Crippen LogP contribution in [0.25, 0.3) is 0 Å². The summed E-state index contributed by atoms with van der Waals surface area (Å²) in [6.07, 6.45) is 2.28. The fraction of sp³-hybridized carbons (Fsp3) is 0.562. The van der Waals surface area contributed by atoms with Gasteiger partial charge in [-0.3, -0.25) is 4.21 Å². The summed E-state index contributed by atoms with van der Waals surface area (Å²) in [5.74, 6) is 1.64. The summed E-state index contributed by atoms with van der Waals surface area (Å²) >= 11 is 0. The third-order valence-corrected chi connectivity index (χ3v) is 5.04. The lowest BCUT2D eigenvalue weighted by atomic mass is 10.0. The third-order valence-electron chi connectivity index (χ3n) is 3.72. The van der Waals surface area contributed by atoms with Gasteiger partial charge in [-0.15, -0.1) is 0 Å². The summed E-state index contributed by atoms with van der Waals surface area (Å²) < 4.78 is 12.0. The van der Waals surface area contributed by atoms with Crippen LogP contribution in [0.3, 0.4) is 0 Å². The number of carbonyl (C=O) groups is 1. The molecule has 0 radical (unpaired) electrons. The lowest BCUT2D eigenvalue weighted by Crippen LogP contribution is -2.45. The second-order valence-corrected chi connectivity index (χ2v) is 7.28. The normalized spacial score (nSPS) is 20.0. The van der Waals surface area contributed by atoms with Gasteiger partial charge >= 0.3 is 6.03 Å². The molecule has 0 saturated carbocycles. The monoisotopic (exact) mass is 308 g/mol. The van der Waals surface area contributed by atoms with E-state index in [4.69, 9.17) is 0 Å². The number of urea groups is 1. The minimum absolute atomic E-state index is 0.0155. The summed E-state index contributed by atoms with van der Waals surface area (Å²) in [6.45, 7) is 4.32. The highest BCUT2D eigenvalue weighted by Crippen LogP contribution is 2.15. The van der Waals surface area contributed by atoms with Crippen LogP contribution in [-0.4, -0.2) is 40.5 Å². The van der Waals surface area contributed by atoms with Crippen LogP contribution in [0.5, 0.6) is 0 Å². The number of piperidine rings is 1. The molecule has 1 aliphatic heterocycles. The number of nitrogens with zero attached hydrogens (tertiary/aromatic N) is 1. The molecule has 1 fully saturated rings. The van der Waals surface area contributed by atoms with Crippen molar-refractivity contribution in [3.8, 4) is 0 Å². The van der Waals surface area contributed by atoms with Crippen LogP contribution in [0.1, 0.15) is 25.3 Å². The van der Waals surface area contributed by atoms with E-state index >= 15 is 0 Å². The molecule has 1 heterocycles. The Labute approximate surface area is 129 Å². The first-order chi connectivity index (χ1) is 10.1. The van der Waals surface area contributed by atoms with E-state index in [9.17, 15) is 9.00 Å². The van der Waals surface area contributed by atoms with Crippen LogP contribution >= 0.6 is 0 Å². The number of hydrogen-bond donors (Lipinski definition) is 1. The maximum absolute atomic E-state index is 12.0. The van der Waals surface area contributed by atoms with Crippen molar-refractivity contribution in [1.29, 1.82) is 0 Å². The molecule has 0 bridgehead atoms. The van der Waals surface area contributed by atoms with Crippen LogP contribution in [0.2, 0.25) is 0 Å². The van der Waals surface area contributed by atoms with Crippen LogP contribution in [0.15, 0.2) is 30.3 Å². The van der Waals surface area contributed by atoms with Gasteiger partial charge < -0.3 is 10.2 Å². The van der Waals surface area contributed by atoms with E-state index in [1.165, 1.54) is 6.42 Å². The number of hydrogen-bond acceptors (Lipinski definition) is 2. The van der Waals surface area contributed by atoms with E-state index in [1.807, 2.05) is 35.2 Å². The topological polar surface area (TPSA) is 49.4 Å². The van der Waals surface area contributed by atoms with Gasteiger partial charge in [0.05, 0.1) is 0 Å². The quantitative estimate of drug-likeness (QED) is 0.908. The first-order valence-electron chi connectivity index (χ1n) is 7.57. The molecule has 2 unspecified atom stereocenters. The molecular formula is C16H24N2O2S. The summed E-state index contributed by atoms with van der Waals surface area (Å²) in [5.41, 5.74) is 1.08. The second-order valence-electron chi connectivity index (χ2n) is 5.70. The molecule has 0 aromatic heterocycles. The van der Waals surface area contributed by atoms with Crippen molar-refractivity contribution in [3.63, 3.8) is 0 Å². The highest BCUT2D eigenvalue weighted by molar-refractivity contribution is 7.84. The fourth-order valence-electron chi connectivity index (χ4n) is 2.59. The largest absolute Gasteiger partial charge is 0.337 e. The van der Waals surface area contributed by atoms with Crippen molar-refractivity contribution < 1.29 is 9.00 Å². The summed E-state index contributed by atoms with van der Waals surface area (Å²) in [5, 5.41) is 2.88. The van der Waals surface area contributed by atoms with Crippen molar-refractivity contribution in [3.05, 3.63) is 35.9 Å². The lowest BCUT2D eigenvalue weighted by molar-refractivity contribution is 0.170. The van der Waals surface area contributed by atoms with E-state index in [1.54, 1.807) is 0 Å². The zero-order valence-electron chi connectivity index (χ0n) is 12.6. The SMILES string of the molecule is CC1CCCN(C(=O)NCCS(=O)Cc2ccccc2)C1. The molecule has 1 aromatic rings. The number of likely N-dealkylation sites (tertiary alicyclic amines) is 1.